The SMILES string of the molecule is O=C(O)[C@H]1C[C@H](ON(O)O)[C@@H](F)C1. The molecule has 1 rings (SSSR count). The number of alkyl halides is 1. The Morgan fingerprint density at radius 3 is 2.46 bits per heavy atom. The minimum atomic E-state index is -1.48. The number of carboxylic acids is 1. The highest BCUT2D eigenvalue weighted by molar-refractivity contribution is 5.70. The lowest BCUT2D eigenvalue weighted by atomic mass is 10.1. The molecule has 0 aromatic carbocycles. The quantitative estimate of drug-likeness (QED) is 0.557. The molecule has 1 fully saturated rings. The van der Waals surface area contributed by atoms with Gasteiger partial charge in [-0.25, -0.2) is 9.23 Å². The fourth-order valence-electron chi connectivity index (χ4n) is 1.38. The molecule has 6 nitrogen and oxygen atoms in total. The third-order valence-electron chi connectivity index (χ3n) is 2.01. The Bertz CT molecular complexity index is 199. The van der Waals surface area contributed by atoms with E-state index in [2.05, 4.69) is 4.84 Å². The van der Waals surface area contributed by atoms with Gasteiger partial charge in [0.25, 0.3) is 0 Å². The lowest BCUT2D eigenvalue weighted by Gasteiger charge is -2.14. The van der Waals surface area contributed by atoms with Crippen LogP contribution in [0.15, 0.2) is 0 Å². The van der Waals surface area contributed by atoms with Crippen molar-refractivity contribution in [1.29, 1.82) is 0 Å². The molecular formula is C6H10FNO5. The number of carboxylic acid groups (broad SMARTS) is 1. The molecule has 0 saturated heterocycles. The van der Waals surface area contributed by atoms with E-state index in [1.807, 2.05) is 0 Å². The monoisotopic (exact) mass is 195 g/mol. The molecule has 0 amide bonds. The second-order valence-corrected chi connectivity index (χ2v) is 2.92. The third-order valence-corrected chi connectivity index (χ3v) is 2.01. The fraction of sp³-hybridized carbons (Fsp3) is 0.833. The van der Waals surface area contributed by atoms with E-state index >= 15 is 0 Å². The van der Waals surface area contributed by atoms with E-state index in [9.17, 15) is 9.18 Å². The molecule has 1 aliphatic carbocycles. The van der Waals surface area contributed by atoms with Crippen LogP contribution in [0.4, 0.5) is 4.39 Å². The Balaban J connectivity index is 2.46. The summed E-state index contributed by atoms with van der Waals surface area (Å²) in [5.74, 6) is -1.92. The van der Waals surface area contributed by atoms with Gasteiger partial charge in [-0.3, -0.25) is 15.2 Å². The zero-order valence-electron chi connectivity index (χ0n) is 6.63. The molecule has 3 atom stereocenters. The van der Waals surface area contributed by atoms with Gasteiger partial charge >= 0.3 is 5.97 Å². The first-order valence-electron chi connectivity index (χ1n) is 3.72. The Morgan fingerprint density at radius 1 is 1.46 bits per heavy atom. The molecule has 0 aliphatic heterocycles. The highest BCUT2D eigenvalue weighted by atomic mass is 19.1. The van der Waals surface area contributed by atoms with E-state index in [1.54, 1.807) is 0 Å². The third kappa shape index (κ3) is 2.59. The zero-order chi connectivity index (χ0) is 10.0. The van der Waals surface area contributed by atoms with Gasteiger partial charge in [-0.05, 0) is 12.8 Å². The van der Waals surface area contributed by atoms with Crippen LogP contribution in [0.5, 0.6) is 0 Å². The highest BCUT2D eigenvalue weighted by Crippen LogP contribution is 2.30. The highest BCUT2D eigenvalue weighted by Gasteiger charge is 2.40. The summed E-state index contributed by atoms with van der Waals surface area (Å²) >= 11 is 0. The van der Waals surface area contributed by atoms with Crippen molar-refractivity contribution in [2.24, 2.45) is 5.92 Å². The van der Waals surface area contributed by atoms with Crippen LogP contribution in [0.25, 0.3) is 0 Å². The summed E-state index contributed by atoms with van der Waals surface area (Å²) in [6.07, 6.45) is -2.80. The Kier molecular flexibility index (Phi) is 3.15. The van der Waals surface area contributed by atoms with Crippen LogP contribution in [-0.4, -0.2) is 39.2 Å². The summed E-state index contributed by atoms with van der Waals surface area (Å²) in [6.45, 7) is 0. The van der Waals surface area contributed by atoms with E-state index in [0.717, 1.165) is 0 Å². The molecule has 0 aromatic heterocycles. The van der Waals surface area contributed by atoms with Crippen molar-refractivity contribution < 1.29 is 29.5 Å². The predicted molar refractivity (Wildman–Crippen MR) is 35.5 cm³/mol. The van der Waals surface area contributed by atoms with Crippen molar-refractivity contribution in [3.8, 4) is 0 Å². The molecule has 7 heteroatoms. The van der Waals surface area contributed by atoms with Crippen molar-refractivity contribution in [3.05, 3.63) is 0 Å². The second-order valence-electron chi connectivity index (χ2n) is 2.92. The number of aliphatic carboxylic acids is 1. The molecule has 1 aliphatic rings. The molecule has 0 radical (unpaired) electrons. The number of carbonyl (C=O) groups is 1. The lowest BCUT2D eigenvalue weighted by Crippen LogP contribution is -2.28. The van der Waals surface area contributed by atoms with Crippen LogP contribution in [0.3, 0.4) is 0 Å². The molecule has 0 heterocycles. The van der Waals surface area contributed by atoms with Crippen LogP contribution >= 0.6 is 0 Å². The molecule has 3 N–H and O–H groups in total. The number of nitrogens with zero attached hydrogens (tertiary/aromatic N) is 1. The van der Waals surface area contributed by atoms with Crippen molar-refractivity contribution in [2.75, 3.05) is 0 Å². The first kappa shape index (κ1) is 10.3. The summed E-state index contributed by atoms with van der Waals surface area (Å²) in [6, 6.07) is 0. The summed E-state index contributed by atoms with van der Waals surface area (Å²) in [7, 11) is 0. The summed E-state index contributed by atoms with van der Waals surface area (Å²) in [5, 5.41) is 24.3. The van der Waals surface area contributed by atoms with Crippen LogP contribution in [-0.2, 0) is 9.63 Å². The predicted octanol–water partition coefficient (Wildman–Crippen LogP) is 0.200. The number of hydrogen-bond acceptors (Lipinski definition) is 5. The van der Waals surface area contributed by atoms with Crippen molar-refractivity contribution >= 4 is 5.97 Å². The first-order chi connectivity index (χ1) is 6.00. The van der Waals surface area contributed by atoms with Gasteiger partial charge in [0.1, 0.15) is 12.3 Å². The lowest BCUT2D eigenvalue weighted by molar-refractivity contribution is -0.506. The van der Waals surface area contributed by atoms with Gasteiger partial charge in [0.15, 0.2) is 0 Å². The molecule has 0 aromatic rings. The molecular weight excluding hydrogens is 185 g/mol. The van der Waals surface area contributed by atoms with Crippen LogP contribution in [0, 0.1) is 5.92 Å². The van der Waals surface area contributed by atoms with Gasteiger partial charge in [-0.15, -0.1) is 0 Å². The minimum Gasteiger partial charge on any atom is -0.481 e. The molecule has 13 heavy (non-hydrogen) atoms. The zero-order valence-corrected chi connectivity index (χ0v) is 6.63. The maximum absolute atomic E-state index is 12.9. The molecule has 0 unspecified atom stereocenters. The Labute approximate surface area is 73.0 Å². The van der Waals surface area contributed by atoms with Gasteiger partial charge in [-0.1, -0.05) is 0 Å². The number of halogens is 1. The van der Waals surface area contributed by atoms with E-state index in [4.69, 9.17) is 15.5 Å². The fourth-order valence-corrected chi connectivity index (χ4v) is 1.38. The van der Waals surface area contributed by atoms with Gasteiger partial charge in [0.2, 0.25) is 0 Å². The molecule has 1 saturated carbocycles. The van der Waals surface area contributed by atoms with Crippen molar-refractivity contribution in [1.82, 2.24) is 5.39 Å². The van der Waals surface area contributed by atoms with E-state index in [-0.39, 0.29) is 12.8 Å². The van der Waals surface area contributed by atoms with E-state index in [0.29, 0.717) is 0 Å². The summed E-state index contributed by atoms with van der Waals surface area (Å²) < 4.78 is 12.9. The number of hydrogen-bond donors (Lipinski definition) is 3. The molecule has 0 bridgehead atoms. The van der Waals surface area contributed by atoms with Crippen LogP contribution in [0.2, 0.25) is 0 Å². The summed E-state index contributed by atoms with van der Waals surface area (Å²) in [5.41, 5.74) is 0. The van der Waals surface area contributed by atoms with Gasteiger partial charge in [-0.2, -0.15) is 0 Å². The molecule has 76 valence electrons. The Morgan fingerprint density at radius 2 is 2.08 bits per heavy atom. The van der Waals surface area contributed by atoms with Gasteiger partial charge in [0.05, 0.1) is 11.3 Å². The van der Waals surface area contributed by atoms with Gasteiger partial charge < -0.3 is 5.11 Å². The normalized spacial score (nSPS) is 34.0. The standard InChI is InChI=1S/C6H10FNO5/c7-4-1-3(6(9)10)2-5(4)13-8(11)12/h3-5,11-12H,1-2H2,(H,9,10)/t3-,4+,5+/m1/s1. The first-order valence-corrected chi connectivity index (χ1v) is 3.72. The average Bonchev–Trinajstić information content (AvgIpc) is 2.31. The number of rotatable bonds is 3. The smallest absolute Gasteiger partial charge is 0.306 e. The largest absolute Gasteiger partial charge is 0.481 e. The van der Waals surface area contributed by atoms with Gasteiger partial charge in [0, 0.05) is 0 Å². The summed E-state index contributed by atoms with van der Waals surface area (Å²) in [4.78, 5) is 14.6. The van der Waals surface area contributed by atoms with Crippen LogP contribution < -0.4 is 0 Å². The Hall–Kier alpha value is -0.760. The maximum atomic E-state index is 12.9. The maximum Gasteiger partial charge on any atom is 0.306 e. The van der Waals surface area contributed by atoms with E-state index < -0.39 is 29.6 Å². The minimum absolute atomic E-state index is 0.0614. The topological polar surface area (TPSA) is 90.2 Å². The van der Waals surface area contributed by atoms with Crippen molar-refractivity contribution in [3.63, 3.8) is 0 Å². The second kappa shape index (κ2) is 3.97. The molecule has 0 spiro atoms. The van der Waals surface area contributed by atoms with Crippen molar-refractivity contribution in [2.45, 2.75) is 25.1 Å². The van der Waals surface area contributed by atoms with Crippen LogP contribution in [0.1, 0.15) is 12.8 Å². The van der Waals surface area contributed by atoms with E-state index in [1.165, 1.54) is 0 Å². The average molecular weight is 195 g/mol.